The fourth-order valence-electron chi connectivity index (χ4n) is 1.70. The maximum atomic E-state index is 5.58. The van der Waals surface area contributed by atoms with Crippen LogP contribution in [-0.2, 0) is 0 Å². The molecule has 0 unspecified atom stereocenters. The van der Waals surface area contributed by atoms with Crippen molar-refractivity contribution in [1.29, 1.82) is 0 Å². The molecule has 3 rings (SSSR count). The average Bonchev–Trinajstić information content (AvgIpc) is 2.29. The molecular formula is C12H9O2. The third-order valence-corrected chi connectivity index (χ3v) is 2.35. The van der Waals surface area contributed by atoms with E-state index in [1.165, 1.54) is 0 Å². The third-order valence-electron chi connectivity index (χ3n) is 2.35. The van der Waals surface area contributed by atoms with Crippen LogP contribution in [0.4, 0.5) is 0 Å². The molecular weight excluding hydrogens is 176 g/mol. The zero-order chi connectivity index (χ0) is 9.38. The van der Waals surface area contributed by atoms with E-state index in [-0.39, 0.29) is 0 Å². The molecule has 0 saturated heterocycles. The Balaban J connectivity index is 2.34. The van der Waals surface area contributed by atoms with Gasteiger partial charge in [-0.05, 0) is 11.5 Å². The summed E-state index contributed by atoms with van der Waals surface area (Å²) in [7, 11) is 0. The first-order valence-corrected chi connectivity index (χ1v) is 4.64. The van der Waals surface area contributed by atoms with E-state index in [0.29, 0.717) is 13.2 Å². The van der Waals surface area contributed by atoms with Crippen molar-refractivity contribution in [2.45, 2.75) is 0 Å². The number of hydrogen-bond acceptors (Lipinski definition) is 2. The van der Waals surface area contributed by atoms with Gasteiger partial charge in [0.25, 0.3) is 0 Å². The fraction of sp³-hybridized carbons (Fsp3) is 0.167. The number of hydrogen-bond donors (Lipinski definition) is 0. The molecule has 1 aliphatic heterocycles. The van der Waals surface area contributed by atoms with Gasteiger partial charge in [-0.2, -0.15) is 0 Å². The largest absolute Gasteiger partial charge is 0.485 e. The number of fused-ring (bicyclic) bond motifs is 3. The van der Waals surface area contributed by atoms with Gasteiger partial charge < -0.3 is 9.47 Å². The Hall–Kier alpha value is -1.70. The summed E-state index contributed by atoms with van der Waals surface area (Å²) in [6.45, 7) is 1.23. The first-order chi connectivity index (χ1) is 6.95. The molecule has 0 bridgehead atoms. The van der Waals surface area contributed by atoms with E-state index >= 15 is 0 Å². The van der Waals surface area contributed by atoms with Gasteiger partial charge in [0.15, 0.2) is 11.5 Å². The molecule has 2 nitrogen and oxygen atoms in total. The monoisotopic (exact) mass is 185 g/mol. The lowest BCUT2D eigenvalue weighted by Gasteiger charge is -2.19. The van der Waals surface area contributed by atoms with E-state index in [4.69, 9.17) is 9.47 Å². The summed E-state index contributed by atoms with van der Waals surface area (Å²) in [5.41, 5.74) is 0. The van der Waals surface area contributed by atoms with E-state index in [2.05, 4.69) is 6.07 Å². The van der Waals surface area contributed by atoms with Crippen molar-refractivity contribution < 1.29 is 9.47 Å². The van der Waals surface area contributed by atoms with Crippen LogP contribution in [0.3, 0.4) is 0 Å². The molecule has 0 amide bonds. The molecule has 2 heteroatoms. The van der Waals surface area contributed by atoms with Crippen LogP contribution in [0.5, 0.6) is 11.5 Å². The molecule has 1 aliphatic rings. The minimum absolute atomic E-state index is 0.613. The van der Waals surface area contributed by atoms with E-state index in [1.54, 1.807) is 0 Å². The Bertz CT molecular complexity index is 477. The zero-order valence-corrected chi connectivity index (χ0v) is 7.62. The van der Waals surface area contributed by atoms with Crippen molar-refractivity contribution in [3.63, 3.8) is 0 Å². The van der Waals surface area contributed by atoms with Crippen LogP contribution in [0.25, 0.3) is 10.8 Å². The van der Waals surface area contributed by atoms with Gasteiger partial charge in [0.05, 0.1) is 0 Å². The Labute approximate surface area is 82.1 Å². The molecule has 0 spiro atoms. The molecule has 0 saturated carbocycles. The molecule has 0 aromatic heterocycles. The third kappa shape index (κ3) is 1.04. The zero-order valence-electron chi connectivity index (χ0n) is 7.62. The SMILES string of the molecule is [c]1cc2ccccc2c2c1OCCO2. The topological polar surface area (TPSA) is 18.5 Å². The van der Waals surface area contributed by atoms with Gasteiger partial charge in [0, 0.05) is 11.5 Å². The molecule has 0 N–H and O–H groups in total. The van der Waals surface area contributed by atoms with Crippen molar-refractivity contribution >= 4 is 10.8 Å². The Morgan fingerprint density at radius 2 is 1.93 bits per heavy atom. The minimum atomic E-state index is 0.613. The lowest BCUT2D eigenvalue weighted by Crippen LogP contribution is -2.15. The predicted octanol–water partition coefficient (Wildman–Crippen LogP) is 2.41. The van der Waals surface area contributed by atoms with Gasteiger partial charge in [0.2, 0.25) is 0 Å². The molecule has 1 radical (unpaired) electrons. The summed E-state index contributed by atoms with van der Waals surface area (Å²) in [6.07, 6.45) is 0. The predicted molar refractivity (Wildman–Crippen MR) is 53.8 cm³/mol. The van der Waals surface area contributed by atoms with Crippen LogP contribution in [0, 0.1) is 6.07 Å². The first-order valence-electron chi connectivity index (χ1n) is 4.64. The molecule has 0 aliphatic carbocycles. The lowest BCUT2D eigenvalue weighted by atomic mass is 10.1. The van der Waals surface area contributed by atoms with E-state index in [1.807, 2.05) is 30.3 Å². The maximum Gasteiger partial charge on any atom is 0.169 e. The highest BCUT2D eigenvalue weighted by atomic mass is 16.6. The molecule has 2 aromatic carbocycles. The Morgan fingerprint density at radius 1 is 1.07 bits per heavy atom. The van der Waals surface area contributed by atoms with Crippen molar-refractivity contribution in [2.75, 3.05) is 13.2 Å². The highest BCUT2D eigenvalue weighted by Crippen LogP contribution is 2.36. The van der Waals surface area contributed by atoms with Crippen molar-refractivity contribution in [2.24, 2.45) is 0 Å². The van der Waals surface area contributed by atoms with Crippen LogP contribution in [0.1, 0.15) is 0 Å². The van der Waals surface area contributed by atoms with Gasteiger partial charge in [-0.25, -0.2) is 0 Å². The maximum absolute atomic E-state index is 5.58. The summed E-state index contributed by atoms with van der Waals surface area (Å²) in [5.74, 6) is 1.56. The van der Waals surface area contributed by atoms with Crippen molar-refractivity contribution in [1.82, 2.24) is 0 Å². The molecule has 1 heterocycles. The molecule has 2 aromatic rings. The summed E-state index contributed by atoms with van der Waals surface area (Å²) < 4.78 is 11.0. The van der Waals surface area contributed by atoms with Gasteiger partial charge >= 0.3 is 0 Å². The van der Waals surface area contributed by atoms with E-state index in [0.717, 1.165) is 22.3 Å². The van der Waals surface area contributed by atoms with Crippen molar-refractivity contribution in [3.8, 4) is 11.5 Å². The number of rotatable bonds is 0. The molecule has 0 fully saturated rings. The van der Waals surface area contributed by atoms with Crippen LogP contribution < -0.4 is 9.47 Å². The second kappa shape index (κ2) is 2.91. The smallest absolute Gasteiger partial charge is 0.169 e. The van der Waals surface area contributed by atoms with Gasteiger partial charge in [0.1, 0.15) is 13.2 Å². The van der Waals surface area contributed by atoms with E-state index < -0.39 is 0 Å². The standard InChI is InChI=1S/C12H9O2/c1-2-4-10-9(3-1)5-6-11-12(10)14-8-7-13-11/h1-5H,7-8H2. The summed E-state index contributed by atoms with van der Waals surface area (Å²) in [6, 6.07) is 13.1. The fourth-order valence-corrected chi connectivity index (χ4v) is 1.70. The summed E-state index contributed by atoms with van der Waals surface area (Å²) in [5, 5.41) is 2.23. The normalized spacial score (nSPS) is 14.3. The Kier molecular flexibility index (Phi) is 1.60. The minimum Gasteiger partial charge on any atom is -0.485 e. The van der Waals surface area contributed by atoms with Crippen LogP contribution >= 0.6 is 0 Å². The van der Waals surface area contributed by atoms with Gasteiger partial charge in [-0.1, -0.05) is 24.3 Å². The van der Waals surface area contributed by atoms with Gasteiger partial charge in [-0.15, -0.1) is 0 Å². The quantitative estimate of drug-likeness (QED) is 0.627. The highest BCUT2D eigenvalue weighted by molar-refractivity contribution is 5.90. The number of ether oxygens (including phenoxy) is 2. The second-order valence-electron chi connectivity index (χ2n) is 3.23. The molecule has 69 valence electrons. The lowest BCUT2D eigenvalue weighted by molar-refractivity contribution is 0.173. The van der Waals surface area contributed by atoms with E-state index in [9.17, 15) is 0 Å². The highest BCUT2D eigenvalue weighted by Gasteiger charge is 2.14. The molecule has 0 atom stereocenters. The average molecular weight is 185 g/mol. The van der Waals surface area contributed by atoms with Crippen LogP contribution in [-0.4, -0.2) is 13.2 Å². The van der Waals surface area contributed by atoms with Gasteiger partial charge in [-0.3, -0.25) is 0 Å². The van der Waals surface area contributed by atoms with Crippen LogP contribution in [0.2, 0.25) is 0 Å². The number of benzene rings is 2. The summed E-state index contributed by atoms with van der Waals surface area (Å²) in [4.78, 5) is 0. The molecule has 14 heavy (non-hydrogen) atoms. The second-order valence-corrected chi connectivity index (χ2v) is 3.23. The van der Waals surface area contributed by atoms with Crippen molar-refractivity contribution in [3.05, 3.63) is 36.4 Å². The summed E-state index contributed by atoms with van der Waals surface area (Å²) >= 11 is 0. The van der Waals surface area contributed by atoms with Crippen LogP contribution in [0.15, 0.2) is 30.3 Å². The Morgan fingerprint density at radius 3 is 2.93 bits per heavy atom. The first kappa shape index (κ1) is 7.68.